The van der Waals surface area contributed by atoms with E-state index in [0.717, 1.165) is 18.4 Å². The van der Waals surface area contributed by atoms with E-state index in [1.165, 1.54) is 29.5 Å². The van der Waals surface area contributed by atoms with Gasteiger partial charge in [0.15, 0.2) is 0 Å². The van der Waals surface area contributed by atoms with Gasteiger partial charge in [-0.2, -0.15) is 0 Å². The average molecular weight is 189 g/mol. The van der Waals surface area contributed by atoms with Crippen molar-refractivity contribution in [3.05, 3.63) is 34.9 Å². The minimum atomic E-state index is 0.733. The molecule has 2 rings (SSSR count). The second kappa shape index (κ2) is 3.74. The van der Waals surface area contributed by atoms with Gasteiger partial charge >= 0.3 is 0 Å². The molecule has 0 amide bonds. The van der Waals surface area contributed by atoms with Crippen LogP contribution in [0.25, 0.3) is 0 Å². The Bertz CT molecular complexity index is 308. The third-order valence-corrected chi connectivity index (χ3v) is 3.39. The van der Waals surface area contributed by atoms with Gasteiger partial charge in [0.05, 0.1) is 0 Å². The molecule has 2 atom stereocenters. The SMILES string of the molecule is Cc1cc(C)cc(C2CCC2CN)c1. The Labute approximate surface area is 86.3 Å². The van der Waals surface area contributed by atoms with E-state index in [1.54, 1.807) is 0 Å². The van der Waals surface area contributed by atoms with E-state index in [1.807, 2.05) is 0 Å². The van der Waals surface area contributed by atoms with Crippen LogP contribution >= 0.6 is 0 Å². The van der Waals surface area contributed by atoms with Crippen molar-refractivity contribution in [2.45, 2.75) is 32.6 Å². The molecule has 1 aromatic rings. The Hall–Kier alpha value is -0.820. The summed E-state index contributed by atoms with van der Waals surface area (Å²) >= 11 is 0. The van der Waals surface area contributed by atoms with Crippen molar-refractivity contribution in [1.82, 2.24) is 0 Å². The number of benzene rings is 1. The number of rotatable bonds is 2. The van der Waals surface area contributed by atoms with Gasteiger partial charge in [0.2, 0.25) is 0 Å². The molecule has 0 bridgehead atoms. The minimum absolute atomic E-state index is 0.733. The van der Waals surface area contributed by atoms with Crippen LogP contribution in [-0.2, 0) is 0 Å². The Balaban J connectivity index is 2.23. The summed E-state index contributed by atoms with van der Waals surface area (Å²) in [4.78, 5) is 0. The topological polar surface area (TPSA) is 26.0 Å². The number of hydrogen-bond acceptors (Lipinski definition) is 1. The van der Waals surface area contributed by atoms with Crippen molar-refractivity contribution < 1.29 is 0 Å². The number of nitrogens with two attached hydrogens (primary N) is 1. The van der Waals surface area contributed by atoms with Gasteiger partial charge in [-0.15, -0.1) is 0 Å². The van der Waals surface area contributed by atoms with Gasteiger partial charge in [0.1, 0.15) is 0 Å². The van der Waals surface area contributed by atoms with Gasteiger partial charge in [0.25, 0.3) is 0 Å². The summed E-state index contributed by atoms with van der Waals surface area (Å²) < 4.78 is 0. The van der Waals surface area contributed by atoms with Crippen LogP contribution in [0.1, 0.15) is 35.4 Å². The second-order valence-electron chi connectivity index (χ2n) is 4.60. The van der Waals surface area contributed by atoms with Crippen molar-refractivity contribution in [3.63, 3.8) is 0 Å². The van der Waals surface area contributed by atoms with E-state index < -0.39 is 0 Å². The van der Waals surface area contributed by atoms with Crippen molar-refractivity contribution in [3.8, 4) is 0 Å². The van der Waals surface area contributed by atoms with Crippen LogP contribution in [0.5, 0.6) is 0 Å². The average Bonchev–Trinajstić information content (AvgIpc) is 2.00. The summed E-state index contributed by atoms with van der Waals surface area (Å²) in [5.74, 6) is 1.47. The molecule has 0 radical (unpaired) electrons. The van der Waals surface area contributed by atoms with Crippen LogP contribution in [0.4, 0.5) is 0 Å². The Kier molecular flexibility index (Phi) is 2.60. The van der Waals surface area contributed by atoms with Gasteiger partial charge in [-0.05, 0) is 50.6 Å². The molecular weight excluding hydrogens is 170 g/mol. The molecule has 76 valence electrons. The van der Waals surface area contributed by atoms with Gasteiger partial charge in [0, 0.05) is 0 Å². The van der Waals surface area contributed by atoms with Crippen LogP contribution in [0.2, 0.25) is 0 Å². The maximum atomic E-state index is 5.74. The number of hydrogen-bond donors (Lipinski definition) is 1. The highest BCUT2D eigenvalue weighted by molar-refractivity contribution is 5.32. The van der Waals surface area contributed by atoms with E-state index >= 15 is 0 Å². The smallest absolute Gasteiger partial charge is 0.00430 e. The van der Waals surface area contributed by atoms with Crippen molar-refractivity contribution in [2.24, 2.45) is 11.7 Å². The van der Waals surface area contributed by atoms with Crippen LogP contribution in [0.15, 0.2) is 18.2 Å². The predicted octanol–water partition coefficient (Wildman–Crippen LogP) is 2.76. The van der Waals surface area contributed by atoms with Crippen molar-refractivity contribution in [1.29, 1.82) is 0 Å². The Morgan fingerprint density at radius 2 is 1.79 bits per heavy atom. The van der Waals surface area contributed by atoms with Gasteiger partial charge in [-0.25, -0.2) is 0 Å². The summed E-state index contributed by atoms with van der Waals surface area (Å²) in [6.07, 6.45) is 2.64. The molecule has 1 nitrogen and oxygen atoms in total. The zero-order valence-electron chi connectivity index (χ0n) is 9.09. The summed E-state index contributed by atoms with van der Waals surface area (Å²) in [6.45, 7) is 5.19. The maximum absolute atomic E-state index is 5.74. The highest BCUT2D eigenvalue weighted by Crippen LogP contribution is 2.42. The summed E-state index contributed by atoms with van der Waals surface area (Å²) in [5.41, 5.74) is 10.00. The Morgan fingerprint density at radius 3 is 2.21 bits per heavy atom. The predicted molar refractivity (Wildman–Crippen MR) is 60.4 cm³/mol. The molecule has 0 aliphatic heterocycles. The standard InChI is InChI=1S/C13H19N/c1-9-5-10(2)7-12(6-9)13-4-3-11(13)8-14/h5-7,11,13H,3-4,8,14H2,1-2H3. The largest absolute Gasteiger partial charge is 0.330 e. The van der Waals surface area contributed by atoms with Crippen LogP contribution in [-0.4, -0.2) is 6.54 Å². The maximum Gasteiger partial charge on any atom is -0.00430 e. The summed E-state index contributed by atoms with van der Waals surface area (Å²) in [7, 11) is 0. The zero-order valence-corrected chi connectivity index (χ0v) is 9.09. The molecule has 1 aromatic carbocycles. The molecule has 1 fully saturated rings. The third kappa shape index (κ3) is 1.69. The van der Waals surface area contributed by atoms with Crippen molar-refractivity contribution in [2.75, 3.05) is 6.54 Å². The fourth-order valence-corrected chi connectivity index (χ4v) is 2.51. The molecule has 0 aromatic heterocycles. The van der Waals surface area contributed by atoms with E-state index in [-0.39, 0.29) is 0 Å². The fraction of sp³-hybridized carbons (Fsp3) is 0.538. The van der Waals surface area contributed by atoms with E-state index in [2.05, 4.69) is 32.0 Å². The molecule has 2 unspecified atom stereocenters. The lowest BCUT2D eigenvalue weighted by Gasteiger charge is -2.36. The lowest BCUT2D eigenvalue weighted by atomic mass is 9.69. The molecule has 0 heterocycles. The lowest BCUT2D eigenvalue weighted by molar-refractivity contribution is 0.263. The van der Waals surface area contributed by atoms with Crippen molar-refractivity contribution >= 4 is 0 Å². The van der Waals surface area contributed by atoms with Gasteiger partial charge < -0.3 is 5.73 Å². The molecule has 0 spiro atoms. The summed E-state index contributed by atoms with van der Waals surface area (Å²) in [5, 5.41) is 0. The highest BCUT2D eigenvalue weighted by atomic mass is 14.6. The van der Waals surface area contributed by atoms with Gasteiger partial charge in [-0.1, -0.05) is 29.3 Å². The van der Waals surface area contributed by atoms with Crippen LogP contribution < -0.4 is 5.73 Å². The third-order valence-electron chi connectivity index (χ3n) is 3.39. The highest BCUT2D eigenvalue weighted by Gasteiger charge is 2.30. The van der Waals surface area contributed by atoms with Crippen LogP contribution in [0, 0.1) is 19.8 Å². The molecule has 1 saturated carbocycles. The molecular formula is C13H19N. The zero-order chi connectivity index (χ0) is 10.1. The first-order chi connectivity index (χ1) is 6.70. The molecule has 0 saturated heterocycles. The first kappa shape index (κ1) is 9.72. The second-order valence-corrected chi connectivity index (χ2v) is 4.60. The number of aryl methyl sites for hydroxylation is 2. The molecule has 1 aliphatic carbocycles. The minimum Gasteiger partial charge on any atom is -0.330 e. The Morgan fingerprint density at radius 1 is 1.14 bits per heavy atom. The molecule has 1 aliphatic rings. The lowest BCUT2D eigenvalue weighted by Crippen LogP contribution is -2.30. The molecule has 2 N–H and O–H groups in total. The quantitative estimate of drug-likeness (QED) is 0.760. The normalized spacial score (nSPS) is 25.9. The fourth-order valence-electron chi connectivity index (χ4n) is 2.51. The molecule has 1 heteroatoms. The van der Waals surface area contributed by atoms with E-state index in [9.17, 15) is 0 Å². The monoisotopic (exact) mass is 189 g/mol. The summed E-state index contributed by atoms with van der Waals surface area (Å²) in [6, 6.07) is 6.87. The van der Waals surface area contributed by atoms with Gasteiger partial charge in [-0.3, -0.25) is 0 Å². The first-order valence-electron chi connectivity index (χ1n) is 5.49. The molecule has 14 heavy (non-hydrogen) atoms. The van der Waals surface area contributed by atoms with E-state index in [4.69, 9.17) is 5.73 Å². The first-order valence-corrected chi connectivity index (χ1v) is 5.49. The van der Waals surface area contributed by atoms with Crippen LogP contribution in [0.3, 0.4) is 0 Å². The van der Waals surface area contributed by atoms with E-state index in [0.29, 0.717) is 0 Å².